The maximum Gasteiger partial charge on any atom is 0.222 e. The van der Waals surface area contributed by atoms with E-state index in [4.69, 9.17) is 4.74 Å². The van der Waals surface area contributed by atoms with Gasteiger partial charge < -0.3 is 9.64 Å². The van der Waals surface area contributed by atoms with Crippen molar-refractivity contribution in [1.29, 1.82) is 0 Å². The molecule has 0 aromatic carbocycles. The van der Waals surface area contributed by atoms with Crippen molar-refractivity contribution in [3.8, 4) is 0 Å². The van der Waals surface area contributed by atoms with Crippen molar-refractivity contribution >= 4 is 11.7 Å². The molecule has 4 heteroatoms. The summed E-state index contributed by atoms with van der Waals surface area (Å²) in [5.41, 5.74) is 0. The summed E-state index contributed by atoms with van der Waals surface area (Å²) in [6.45, 7) is 4.52. The Balaban J connectivity index is 2.14. The highest BCUT2D eigenvalue weighted by Crippen LogP contribution is 2.05. The molecular formula is C11H19NO3. The normalized spacial score (nSPS) is 16.5. The van der Waals surface area contributed by atoms with E-state index in [1.54, 1.807) is 0 Å². The number of carbonyl (C=O) groups is 2. The first kappa shape index (κ1) is 12.2. The molecule has 0 spiro atoms. The van der Waals surface area contributed by atoms with Crippen LogP contribution in [0.1, 0.15) is 32.6 Å². The molecule has 0 aromatic heterocycles. The highest BCUT2D eigenvalue weighted by atomic mass is 16.5. The van der Waals surface area contributed by atoms with Crippen molar-refractivity contribution in [2.45, 2.75) is 32.6 Å². The van der Waals surface area contributed by atoms with E-state index in [9.17, 15) is 9.59 Å². The Kier molecular flexibility index (Phi) is 5.32. The number of ketones is 1. The van der Waals surface area contributed by atoms with Crippen LogP contribution in [0.25, 0.3) is 0 Å². The van der Waals surface area contributed by atoms with Crippen LogP contribution in [-0.2, 0) is 14.3 Å². The van der Waals surface area contributed by atoms with Crippen molar-refractivity contribution in [2.24, 2.45) is 0 Å². The molecular weight excluding hydrogens is 194 g/mol. The topological polar surface area (TPSA) is 46.6 Å². The van der Waals surface area contributed by atoms with Crippen LogP contribution < -0.4 is 0 Å². The molecule has 15 heavy (non-hydrogen) atoms. The van der Waals surface area contributed by atoms with Gasteiger partial charge in [-0.05, 0) is 6.42 Å². The molecule has 0 aromatic rings. The Hall–Kier alpha value is -0.900. The zero-order chi connectivity index (χ0) is 11.1. The SMILES string of the molecule is CCC(=O)CCCC(=O)N1CCOCC1. The van der Waals surface area contributed by atoms with E-state index < -0.39 is 0 Å². The minimum absolute atomic E-state index is 0.155. The van der Waals surface area contributed by atoms with Crippen LogP contribution in [0.5, 0.6) is 0 Å². The third-order valence-electron chi connectivity index (χ3n) is 2.60. The number of hydrogen-bond donors (Lipinski definition) is 0. The van der Waals surface area contributed by atoms with Gasteiger partial charge in [0.25, 0.3) is 0 Å². The zero-order valence-corrected chi connectivity index (χ0v) is 9.33. The van der Waals surface area contributed by atoms with Gasteiger partial charge in [-0.3, -0.25) is 9.59 Å². The molecule has 0 N–H and O–H groups in total. The molecule has 0 aliphatic carbocycles. The molecule has 1 saturated heterocycles. The Morgan fingerprint density at radius 3 is 2.47 bits per heavy atom. The Morgan fingerprint density at radius 1 is 1.20 bits per heavy atom. The number of carbonyl (C=O) groups excluding carboxylic acids is 2. The van der Waals surface area contributed by atoms with E-state index in [2.05, 4.69) is 0 Å². The number of rotatable bonds is 5. The molecule has 1 rings (SSSR count). The fourth-order valence-electron chi connectivity index (χ4n) is 1.58. The average molecular weight is 213 g/mol. The van der Waals surface area contributed by atoms with E-state index in [1.165, 1.54) is 0 Å². The van der Waals surface area contributed by atoms with Crippen LogP contribution in [-0.4, -0.2) is 42.9 Å². The molecule has 0 atom stereocenters. The fourth-order valence-corrected chi connectivity index (χ4v) is 1.58. The van der Waals surface area contributed by atoms with Gasteiger partial charge in [0.2, 0.25) is 5.91 Å². The molecule has 0 unspecified atom stereocenters. The van der Waals surface area contributed by atoms with E-state index in [-0.39, 0.29) is 11.7 Å². The van der Waals surface area contributed by atoms with Crippen LogP contribution >= 0.6 is 0 Å². The third kappa shape index (κ3) is 4.42. The molecule has 4 nitrogen and oxygen atoms in total. The van der Waals surface area contributed by atoms with Crippen LogP contribution in [0.3, 0.4) is 0 Å². The van der Waals surface area contributed by atoms with Gasteiger partial charge >= 0.3 is 0 Å². The monoisotopic (exact) mass is 213 g/mol. The van der Waals surface area contributed by atoms with Crippen molar-refractivity contribution in [3.63, 3.8) is 0 Å². The number of Topliss-reactive ketones (excluding diaryl/α,β-unsaturated/α-hetero) is 1. The number of amides is 1. The lowest BCUT2D eigenvalue weighted by molar-refractivity contribution is -0.135. The van der Waals surface area contributed by atoms with E-state index in [0.29, 0.717) is 52.0 Å². The van der Waals surface area contributed by atoms with Gasteiger partial charge in [0, 0.05) is 32.4 Å². The average Bonchev–Trinajstić information content (AvgIpc) is 2.29. The van der Waals surface area contributed by atoms with E-state index in [0.717, 1.165) is 0 Å². The second-order valence-electron chi connectivity index (χ2n) is 3.74. The predicted octanol–water partition coefficient (Wildman–Crippen LogP) is 0.995. The van der Waals surface area contributed by atoms with Crippen molar-refractivity contribution in [1.82, 2.24) is 4.90 Å². The molecule has 0 radical (unpaired) electrons. The van der Waals surface area contributed by atoms with Crippen molar-refractivity contribution in [3.05, 3.63) is 0 Å². The number of nitrogens with zero attached hydrogens (tertiary/aromatic N) is 1. The van der Waals surface area contributed by atoms with Gasteiger partial charge in [0.05, 0.1) is 13.2 Å². The standard InChI is InChI=1S/C11H19NO3/c1-2-10(13)4-3-5-11(14)12-6-8-15-9-7-12/h2-9H2,1H3. The number of morpholine rings is 1. The van der Waals surface area contributed by atoms with Crippen LogP contribution in [0.4, 0.5) is 0 Å². The van der Waals surface area contributed by atoms with Crippen LogP contribution in [0.15, 0.2) is 0 Å². The van der Waals surface area contributed by atoms with E-state index >= 15 is 0 Å². The quantitative estimate of drug-likeness (QED) is 0.684. The second-order valence-corrected chi connectivity index (χ2v) is 3.74. The van der Waals surface area contributed by atoms with Crippen LogP contribution in [0.2, 0.25) is 0 Å². The second kappa shape index (κ2) is 6.56. The summed E-state index contributed by atoms with van der Waals surface area (Å²) in [6, 6.07) is 0. The first-order valence-corrected chi connectivity index (χ1v) is 5.61. The molecule has 1 amide bonds. The summed E-state index contributed by atoms with van der Waals surface area (Å²) in [4.78, 5) is 24.5. The summed E-state index contributed by atoms with van der Waals surface area (Å²) in [7, 11) is 0. The summed E-state index contributed by atoms with van der Waals surface area (Å²) in [5.74, 6) is 0.395. The molecule has 86 valence electrons. The maximum atomic E-state index is 11.6. The Labute approximate surface area is 90.6 Å². The molecule has 1 aliphatic rings. The first-order chi connectivity index (χ1) is 7.24. The van der Waals surface area contributed by atoms with Crippen molar-refractivity contribution in [2.75, 3.05) is 26.3 Å². The highest BCUT2D eigenvalue weighted by molar-refractivity contribution is 5.80. The third-order valence-corrected chi connectivity index (χ3v) is 2.60. The number of hydrogen-bond acceptors (Lipinski definition) is 3. The minimum Gasteiger partial charge on any atom is -0.378 e. The van der Waals surface area contributed by atoms with Gasteiger partial charge in [0.15, 0.2) is 0 Å². The van der Waals surface area contributed by atoms with Crippen molar-refractivity contribution < 1.29 is 14.3 Å². The predicted molar refractivity (Wildman–Crippen MR) is 56.5 cm³/mol. The van der Waals surface area contributed by atoms with Gasteiger partial charge in [-0.1, -0.05) is 6.92 Å². The summed E-state index contributed by atoms with van der Waals surface area (Å²) in [6.07, 6.45) is 2.28. The molecule has 0 bridgehead atoms. The zero-order valence-electron chi connectivity index (χ0n) is 9.33. The molecule has 0 saturated carbocycles. The maximum absolute atomic E-state index is 11.6. The van der Waals surface area contributed by atoms with Gasteiger partial charge in [-0.25, -0.2) is 0 Å². The minimum atomic E-state index is 0.155. The highest BCUT2D eigenvalue weighted by Gasteiger charge is 2.16. The largest absolute Gasteiger partial charge is 0.378 e. The summed E-state index contributed by atoms with van der Waals surface area (Å²) < 4.78 is 5.16. The Bertz CT molecular complexity index is 222. The lowest BCUT2D eigenvalue weighted by Gasteiger charge is -2.26. The molecule has 1 heterocycles. The lowest BCUT2D eigenvalue weighted by atomic mass is 10.1. The summed E-state index contributed by atoms with van der Waals surface area (Å²) >= 11 is 0. The molecule has 1 aliphatic heterocycles. The molecule has 1 fully saturated rings. The van der Waals surface area contributed by atoms with Gasteiger partial charge in [0.1, 0.15) is 5.78 Å². The smallest absolute Gasteiger partial charge is 0.222 e. The lowest BCUT2D eigenvalue weighted by Crippen LogP contribution is -2.40. The van der Waals surface area contributed by atoms with Gasteiger partial charge in [-0.2, -0.15) is 0 Å². The number of ether oxygens (including phenoxy) is 1. The first-order valence-electron chi connectivity index (χ1n) is 5.61. The Morgan fingerprint density at radius 2 is 1.87 bits per heavy atom. The van der Waals surface area contributed by atoms with E-state index in [1.807, 2.05) is 11.8 Å². The fraction of sp³-hybridized carbons (Fsp3) is 0.818. The van der Waals surface area contributed by atoms with Gasteiger partial charge in [-0.15, -0.1) is 0 Å². The summed E-state index contributed by atoms with van der Waals surface area (Å²) in [5, 5.41) is 0. The van der Waals surface area contributed by atoms with Crippen LogP contribution in [0, 0.1) is 0 Å².